The first-order valence-corrected chi connectivity index (χ1v) is 16.6. The minimum atomic E-state index is -3.88. The van der Waals surface area contributed by atoms with Gasteiger partial charge in [0.15, 0.2) is 0 Å². The van der Waals surface area contributed by atoms with Gasteiger partial charge in [-0.25, -0.2) is 13.1 Å². The number of methoxy groups -OCH3 is 1. The van der Waals surface area contributed by atoms with Crippen LogP contribution in [0.25, 0.3) is 0 Å². The lowest BCUT2D eigenvalue weighted by Crippen LogP contribution is -2.44. The quantitative estimate of drug-likeness (QED) is 0.395. The number of hydrogen-bond acceptors (Lipinski definition) is 6. The Balaban J connectivity index is 1.55. The van der Waals surface area contributed by atoms with Gasteiger partial charge in [-0.3, -0.25) is 4.79 Å². The number of aryl methyl sites for hydroxylation is 1. The summed E-state index contributed by atoms with van der Waals surface area (Å²) >= 11 is 6.31. The number of anilines is 1. The second-order valence-corrected chi connectivity index (χ2v) is 14.3. The van der Waals surface area contributed by atoms with Crippen LogP contribution in [0.1, 0.15) is 67.4 Å². The van der Waals surface area contributed by atoms with Crippen LogP contribution in [0.2, 0.25) is 5.02 Å². The standard InChI is InChI=1S/C32H41ClN2O5S/c1-21-7-6-9-30(39-3)28-14-11-25(28)19-35-16-5-4-8-23-17-27(33)13-10-26(23)20-40-31-15-12-24(18-29(31)35)32(36)34-41(37,38)22(21)2/h6,9-10,12-13,15,17-18,21-22,25,28,30H,4-5,7-8,11,14,16,19-20H2,1-3H3,(H,34,36)/b9-6+/t21-,22+,25-,28+,30+/m0/s1. The molecule has 1 amide bonds. The van der Waals surface area contributed by atoms with E-state index >= 15 is 0 Å². The number of amides is 1. The molecule has 1 fully saturated rings. The van der Waals surface area contributed by atoms with Gasteiger partial charge in [-0.15, -0.1) is 0 Å². The lowest BCUT2D eigenvalue weighted by molar-refractivity contribution is 0.0134. The number of sulfonamides is 1. The summed E-state index contributed by atoms with van der Waals surface area (Å²) in [5.41, 5.74) is 3.40. The molecule has 3 aliphatic rings. The van der Waals surface area contributed by atoms with E-state index in [4.69, 9.17) is 21.1 Å². The van der Waals surface area contributed by atoms with Gasteiger partial charge in [-0.1, -0.05) is 36.7 Å². The number of nitrogens with one attached hydrogen (secondary N) is 1. The second-order valence-electron chi connectivity index (χ2n) is 11.8. The van der Waals surface area contributed by atoms with Crippen LogP contribution < -0.4 is 14.4 Å². The summed E-state index contributed by atoms with van der Waals surface area (Å²) < 4.78 is 41.0. The Hall–Kier alpha value is -2.55. The number of carbonyl (C=O) groups excluding carboxylic acids is 1. The predicted octanol–water partition coefficient (Wildman–Crippen LogP) is 6.15. The van der Waals surface area contributed by atoms with E-state index in [9.17, 15) is 13.2 Å². The monoisotopic (exact) mass is 600 g/mol. The number of fused-ring (bicyclic) bond motifs is 3. The largest absolute Gasteiger partial charge is 0.487 e. The molecule has 9 heteroatoms. The molecule has 1 saturated carbocycles. The Kier molecular flexibility index (Phi) is 9.31. The first-order valence-electron chi connectivity index (χ1n) is 14.7. The van der Waals surface area contributed by atoms with Crippen LogP contribution in [0.3, 0.4) is 0 Å². The lowest BCUT2D eigenvalue weighted by Gasteiger charge is -2.43. The van der Waals surface area contributed by atoms with E-state index in [1.807, 2.05) is 31.2 Å². The molecule has 2 aromatic carbocycles. The molecule has 2 heterocycles. The van der Waals surface area contributed by atoms with Crippen molar-refractivity contribution in [1.29, 1.82) is 0 Å². The van der Waals surface area contributed by atoms with Crippen molar-refractivity contribution in [2.24, 2.45) is 17.8 Å². The van der Waals surface area contributed by atoms with Gasteiger partial charge < -0.3 is 14.4 Å². The molecule has 0 spiro atoms. The van der Waals surface area contributed by atoms with Crippen molar-refractivity contribution in [2.75, 3.05) is 25.1 Å². The summed E-state index contributed by atoms with van der Waals surface area (Å²) in [7, 11) is -2.13. The van der Waals surface area contributed by atoms with Crippen LogP contribution in [-0.4, -0.2) is 45.9 Å². The molecule has 2 aliphatic heterocycles. The fraction of sp³-hybridized carbons (Fsp3) is 0.531. The minimum Gasteiger partial charge on any atom is -0.487 e. The molecule has 0 aromatic heterocycles. The zero-order valence-corrected chi connectivity index (χ0v) is 25.7. The number of halogens is 1. The number of nitrogens with zero attached hydrogens (tertiary/aromatic N) is 1. The van der Waals surface area contributed by atoms with Crippen molar-refractivity contribution in [3.8, 4) is 5.75 Å². The molecule has 7 nitrogen and oxygen atoms in total. The summed E-state index contributed by atoms with van der Waals surface area (Å²) in [4.78, 5) is 15.6. The molecule has 222 valence electrons. The molecule has 1 N–H and O–H groups in total. The Labute approximate surface area is 249 Å². The maximum atomic E-state index is 13.3. The van der Waals surface area contributed by atoms with Gasteiger partial charge in [0.2, 0.25) is 10.0 Å². The molecular weight excluding hydrogens is 560 g/mol. The summed E-state index contributed by atoms with van der Waals surface area (Å²) in [6.07, 6.45) is 9.76. The van der Waals surface area contributed by atoms with Crippen molar-refractivity contribution >= 4 is 33.2 Å². The van der Waals surface area contributed by atoms with Gasteiger partial charge in [-0.05, 0) is 105 Å². The van der Waals surface area contributed by atoms with Crippen molar-refractivity contribution < 1.29 is 22.7 Å². The van der Waals surface area contributed by atoms with Crippen LogP contribution >= 0.6 is 11.6 Å². The van der Waals surface area contributed by atoms with Crippen molar-refractivity contribution in [3.63, 3.8) is 0 Å². The van der Waals surface area contributed by atoms with Crippen molar-refractivity contribution in [2.45, 2.75) is 70.3 Å². The van der Waals surface area contributed by atoms with Crippen molar-refractivity contribution in [3.05, 3.63) is 70.3 Å². The maximum Gasteiger partial charge on any atom is 0.264 e. The lowest BCUT2D eigenvalue weighted by atomic mass is 9.70. The van der Waals surface area contributed by atoms with Gasteiger partial charge in [0.05, 0.1) is 17.0 Å². The summed E-state index contributed by atoms with van der Waals surface area (Å²) in [6, 6.07) is 11.2. The fourth-order valence-corrected chi connectivity index (χ4v) is 7.70. The topological polar surface area (TPSA) is 84.9 Å². The number of ether oxygens (including phenoxy) is 2. The van der Waals surface area contributed by atoms with E-state index in [0.29, 0.717) is 36.2 Å². The van der Waals surface area contributed by atoms with Gasteiger partial charge in [0.1, 0.15) is 12.4 Å². The van der Waals surface area contributed by atoms with Gasteiger partial charge in [0.25, 0.3) is 5.91 Å². The average molecular weight is 601 g/mol. The van der Waals surface area contributed by atoms with E-state index < -0.39 is 21.2 Å². The summed E-state index contributed by atoms with van der Waals surface area (Å²) in [5, 5.41) is -0.0214. The fourth-order valence-electron chi connectivity index (χ4n) is 6.22. The van der Waals surface area contributed by atoms with E-state index in [-0.39, 0.29) is 12.0 Å². The first-order chi connectivity index (χ1) is 19.7. The van der Waals surface area contributed by atoms with Crippen LogP contribution in [-0.2, 0) is 27.8 Å². The molecule has 0 radical (unpaired) electrons. The average Bonchev–Trinajstić information content (AvgIpc) is 2.96. The Bertz CT molecular complexity index is 1390. The zero-order valence-electron chi connectivity index (χ0n) is 24.1. The molecule has 0 unspecified atom stereocenters. The van der Waals surface area contributed by atoms with E-state index in [0.717, 1.165) is 61.5 Å². The van der Waals surface area contributed by atoms with Crippen molar-refractivity contribution in [1.82, 2.24) is 4.72 Å². The van der Waals surface area contributed by atoms with Crippen LogP contribution in [0.15, 0.2) is 48.6 Å². The highest BCUT2D eigenvalue weighted by atomic mass is 35.5. The molecule has 1 aliphatic carbocycles. The Morgan fingerprint density at radius 3 is 2.66 bits per heavy atom. The minimum absolute atomic E-state index is 0.0225. The zero-order chi connectivity index (χ0) is 29.1. The van der Waals surface area contributed by atoms with E-state index in [2.05, 4.69) is 15.7 Å². The maximum absolute atomic E-state index is 13.3. The summed E-state index contributed by atoms with van der Waals surface area (Å²) in [6.45, 7) is 5.54. The first kappa shape index (κ1) is 29.9. The Morgan fingerprint density at radius 1 is 1.07 bits per heavy atom. The highest BCUT2D eigenvalue weighted by Gasteiger charge is 2.38. The molecular formula is C32H41ClN2O5S. The number of hydrogen-bond donors (Lipinski definition) is 1. The normalized spacial score (nSPS) is 29.4. The third-order valence-corrected chi connectivity index (χ3v) is 11.4. The molecule has 5 rings (SSSR count). The number of benzene rings is 2. The van der Waals surface area contributed by atoms with Gasteiger partial charge in [0, 0.05) is 30.8 Å². The third-order valence-electron chi connectivity index (χ3n) is 9.22. The number of allylic oxidation sites excluding steroid dienone is 1. The number of carbonyl (C=O) groups is 1. The molecule has 0 saturated heterocycles. The highest BCUT2D eigenvalue weighted by molar-refractivity contribution is 7.90. The highest BCUT2D eigenvalue weighted by Crippen LogP contribution is 2.41. The SMILES string of the molecule is CO[C@@H]1/C=C/C[C@H](C)[C@@H](C)S(=O)(=O)NC(=O)c2ccc3c(c2)N(CCCCc2cc(Cl)ccc2CO3)C[C@@H]2CC[C@H]21. The van der Waals surface area contributed by atoms with E-state index in [1.165, 1.54) is 5.56 Å². The summed E-state index contributed by atoms with van der Waals surface area (Å²) in [5.74, 6) is 0.689. The van der Waals surface area contributed by atoms with Crippen LogP contribution in [0.4, 0.5) is 5.69 Å². The second kappa shape index (κ2) is 12.8. The predicted molar refractivity (Wildman–Crippen MR) is 163 cm³/mol. The molecule has 2 bridgehead atoms. The smallest absolute Gasteiger partial charge is 0.264 e. The molecule has 5 atom stereocenters. The Morgan fingerprint density at radius 2 is 1.90 bits per heavy atom. The molecule has 2 aromatic rings. The number of rotatable bonds is 1. The van der Waals surface area contributed by atoms with Gasteiger partial charge >= 0.3 is 0 Å². The van der Waals surface area contributed by atoms with Crippen LogP contribution in [0.5, 0.6) is 5.75 Å². The van der Waals surface area contributed by atoms with Gasteiger partial charge in [-0.2, -0.15) is 0 Å². The van der Waals surface area contributed by atoms with E-state index in [1.54, 1.807) is 32.2 Å². The van der Waals surface area contributed by atoms with Crippen LogP contribution in [0, 0.1) is 17.8 Å². The molecule has 41 heavy (non-hydrogen) atoms. The third kappa shape index (κ3) is 6.76.